The van der Waals surface area contributed by atoms with Gasteiger partial charge in [0, 0.05) is 0 Å². The maximum atomic E-state index is 5.34. The van der Waals surface area contributed by atoms with Crippen LogP contribution in [0.25, 0.3) is 0 Å². The van der Waals surface area contributed by atoms with Crippen molar-refractivity contribution in [3.8, 4) is 11.5 Å². The van der Waals surface area contributed by atoms with Crippen molar-refractivity contribution in [2.24, 2.45) is 5.92 Å². The molecule has 1 saturated heterocycles. The van der Waals surface area contributed by atoms with Crippen LogP contribution in [0.4, 0.5) is 0 Å². The minimum atomic E-state index is 0.144. The fraction of sp³-hybridized carbons (Fsp3) is 0.300. The van der Waals surface area contributed by atoms with Crippen LogP contribution in [0.2, 0.25) is 4.82 Å². The Kier molecular flexibility index (Phi) is 3.71. The number of hydrogen-bond acceptors (Lipinski definition) is 2. The van der Waals surface area contributed by atoms with E-state index in [2.05, 4.69) is 60.7 Å². The topological polar surface area (TPSA) is 18.5 Å². The molecular formula is C20H20O2Se. The summed E-state index contributed by atoms with van der Waals surface area (Å²) in [5.41, 5.74) is 2.83. The van der Waals surface area contributed by atoms with Crippen LogP contribution in [0.15, 0.2) is 60.7 Å². The number of benzene rings is 2. The average Bonchev–Trinajstić information content (AvgIpc) is 3.24. The van der Waals surface area contributed by atoms with Crippen molar-refractivity contribution in [1.29, 1.82) is 0 Å². The normalized spacial score (nSPS) is 23.9. The third-order valence-electron chi connectivity index (χ3n) is 4.94. The SMILES string of the molecule is COc1ccc(C2(c3ccc(OC)cc3)[Se][C@@H]3C=C[C@H]2C3)cc1. The Labute approximate surface area is 143 Å². The molecule has 0 aromatic heterocycles. The van der Waals surface area contributed by atoms with Crippen molar-refractivity contribution in [2.45, 2.75) is 15.6 Å². The first kappa shape index (κ1) is 14.9. The van der Waals surface area contributed by atoms with E-state index in [0.717, 1.165) is 16.3 Å². The van der Waals surface area contributed by atoms with Crippen molar-refractivity contribution < 1.29 is 9.47 Å². The molecule has 2 aromatic carbocycles. The number of hydrogen-bond donors (Lipinski definition) is 0. The van der Waals surface area contributed by atoms with Crippen molar-refractivity contribution in [3.63, 3.8) is 0 Å². The molecule has 0 unspecified atom stereocenters. The molecule has 2 atom stereocenters. The third-order valence-corrected chi connectivity index (χ3v) is 8.71. The summed E-state index contributed by atoms with van der Waals surface area (Å²) in [4.78, 5) is 0.761. The third kappa shape index (κ3) is 2.31. The molecule has 118 valence electrons. The van der Waals surface area contributed by atoms with Gasteiger partial charge in [-0.25, -0.2) is 0 Å². The van der Waals surface area contributed by atoms with E-state index in [0.29, 0.717) is 20.9 Å². The first-order valence-electron chi connectivity index (χ1n) is 7.91. The van der Waals surface area contributed by atoms with E-state index in [1.807, 2.05) is 0 Å². The Morgan fingerprint density at radius 2 is 1.35 bits per heavy atom. The fourth-order valence-electron chi connectivity index (χ4n) is 3.79. The van der Waals surface area contributed by atoms with Gasteiger partial charge in [-0.3, -0.25) is 0 Å². The van der Waals surface area contributed by atoms with Gasteiger partial charge in [-0.1, -0.05) is 0 Å². The zero-order chi connectivity index (χ0) is 15.9. The molecule has 4 rings (SSSR count). The zero-order valence-corrected chi connectivity index (χ0v) is 15.1. The monoisotopic (exact) mass is 372 g/mol. The Bertz CT molecular complexity index is 671. The van der Waals surface area contributed by atoms with Crippen LogP contribution in [0.5, 0.6) is 11.5 Å². The van der Waals surface area contributed by atoms with Gasteiger partial charge in [0.2, 0.25) is 0 Å². The second kappa shape index (κ2) is 5.74. The Balaban J connectivity index is 1.82. The molecule has 1 aliphatic carbocycles. The standard InChI is InChI=1S/C20H20O2Se/c1-21-17-8-3-14(4-9-17)20(16-7-12-19(13-16)23-20)15-5-10-18(22-2)11-6-15/h3-12,16,19H,13H2,1-2H3/t16-,19+/m0/s1. The van der Waals surface area contributed by atoms with Gasteiger partial charge < -0.3 is 0 Å². The molecule has 2 aromatic rings. The summed E-state index contributed by atoms with van der Waals surface area (Å²) in [5, 5.41) is 0. The summed E-state index contributed by atoms with van der Waals surface area (Å²) < 4.78 is 10.8. The summed E-state index contributed by atoms with van der Waals surface area (Å²) in [6.45, 7) is 0. The molecule has 0 spiro atoms. The molecule has 0 N–H and O–H groups in total. The predicted molar refractivity (Wildman–Crippen MR) is 93.5 cm³/mol. The summed E-state index contributed by atoms with van der Waals surface area (Å²) in [7, 11) is 3.44. The molecule has 2 aliphatic rings. The van der Waals surface area contributed by atoms with Crippen LogP contribution < -0.4 is 9.47 Å². The van der Waals surface area contributed by atoms with Gasteiger partial charge in [-0.15, -0.1) is 0 Å². The van der Waals surface area contributed by atoms with Gasteiger partial charge in [-0.2, -0.15) is 0 Å². The van der Waals surface area contributed by atoms with E-state index in [9.17, 15) is 0 Å². The van der Waals surface area contributed by atoms with Crippen LogP contribution >= 0.6 is 0 Å². The fourth-order valence-corrected chi connectivity index (χ4v) is 7.66. The van der Waals surface area contributed by atoms with E-state index in [1.165, 1.54) is 17.5 Å². The molecule has 1 fully saturated rings. The van der Waals surface area contributed by atoms with Crippen molar-refractivity contribution in [1.82, 2.24) is 0 Å². The minimum absolute atomic E-state index is 0.144. The first-order chi connectivity index (χ1) is 11.3. The summed E-state index contributed by atoms with van der Waals surface area (Å²) in [6, 6.07) is 17.4. The number of fused-ring (bicyclic) bond motifs is 2. The Hall–Kier alpha value is -1.70. The second-order valence-electron chi connectivity index (χ2n) is 6.08. The van der Waals surface area contributed by atoms with E-state index in [-0.39, 0.29) is 4.31 Å². The molecule has 2 nitrogen and oxygen atoms in total. The van der Waals surface area contributed by atoms with Gasteiger partial charge in [0.05, 0.1) is 0 Å². The number of rotatable bonds is 4. The van der Waals surface area contributed by atoms with E-state index in [4.69, 9.17) is 9.47 Å². The van der Waals surface area contributed by atoms with Crippen LogP contribution in [-0.2, 0) is 4.31 Å². The van der Waals surface area contributed by atoms with Crippen molar-refractivity contribution in [3.05, 3.63) is 71.8 Å². The number of ether oxygens (including phenoxy) is 2. The molecular weight excluding hydrogens is 351 g/mol. The second-order valence-corrected chi connectivity index (χ2v) is 9.19. The van der Waals surface area contributed by atoms with E-state index >= 15 is 0 Å². The zero-order valence-electron chi connectivity index (χ0n) is 13.4. The Morgan fingerprint density at radius 1 is 0.826 bits per heavy atom. The quantitative estimate of drug-likeness (QED) is 0.597. The summed E-state index contributed by atoms with van der Waals surface area (Å²) in [5.74, 6) is 2.45. The number of methoxy groups -OCH3 is 2. The van der Waals surface area contributed by atoms with Gasteiger partial charge in [0.15, 0.2) is 0 Å². The molecule has 0 radical (unpaired) electrons. The van der Waals surface area contributed by atoms with Crippen molar-refractivity contribution >= 4 is 15.0 Å². The number of allylic oxidation sites excluding steroid dienone is 2. The van der Waals surface area contributed by atoms with Gasteiger partial charge in [0.25, 0.3) is 0 Å². The molecule has 3 heteroatoms. The van der Waals surface area contributed by atoms with E-state index in [1.54, 1.807) is 14.2 Å². The predicted octanol–water partition coefficient (Wildman–Crippen LogP) is 4.03. The van der Waals surface area contributed by atoms with Gasteiger partial charge >= 0.3 is 143 Å². The molecule has 2 bridgehead atoms. The first-order valence-corrected chi connectivity index (χ1v) is 9.76. The maximum absolute atomic E-state index is 5.34. The van der Waals surface area contributed by atoms with Crippen LogP contribution in [0.3, 0.4) is 0 Å². The summed E-state index contributed by atoms with van der Waals surface area (Å²) >= 11 is 0.523. The molecule has 1 heterocycles. The molecule has 1 aliphatic heterocycles. The van der Waals surface area contributed by atoms with Gasteiger partial charge in [-0.05, 0) is 0 Å². The van der Waals surface area contributed by atoms with E-state index < -0.39 is 0 Å². The van der Waals surface area contributed by atoms with Crippen LogP contribution in [0.1, 0.15) is 17.5 Å². The van der Waals surface area contributed by atoms with Gasteiger partial charge in [0.1, 0.15) is 0 Å². The molecule has 23 heavy (non-hydrogen) atoms. The molecule has 0 saturated carbocycles. The summed E-state index contributed by atoms with van der Waals surface area (Å²) in [6.07, 6.45) is 6.15. The average molecular weight is 371 g/mol. The van der Waals surface area contributed by atoms with Crippen LogP contribution in [-0.4, -0.2) is 29.2 Å². The molecule has 0 amide bonds. The van der Waals surface area contributed by atoms with Crippen LogP contribution in [0, 0.1) is 5.92 Å². The Morgan fingerprint density at radius 3 is 1.70 bits per heavy atom. The van der Waals surface area contributed by atoms with Crippen molar-refractivity contribution in [2.75, 3.05) is 14.2 Å².